The zero-order valence-electron chi connectivity index (χ0n) is 18.9. The van der Waals surface area contributed by atoms with E-state index in [-0.39, 0.29) is 23.7 Å². The molecule has 2 atom stereocenters. The van der Waals surface area contributed by atoms with Crippen LogP contribution in [-0.2, 0) is 16.1 Å². The number of methoxy groups -OCH3 is 3. The summed E-state index contributed by atoms with van der Waals surface area (Å²) in [6, 6.07) is 3.96. The van der Waals surface area contributed by atoms with Gasteiger partial charge in [0.1, 0.15) is 32.7 Å². The van der Waals surface area contributed by atoms with E-state index in [4.69, 9.17) is 14.2 Å². The number of ether oxygens (including phenoxy) is 3. The number of hydrogen-bond acceptors (Lipinski definition) is 5. The summed E-state index contributed by atoms with van der Waals surface area (Å²) in [6.07, 6.45) is 3.91. The van der Waals surface area contributed by atoms with Gasteiger partial charge in [-0.1, -0.05) is 12.8 Å². The summed E-state index contributed by atoms with van der Waals surface area (Å²) in [5.74, 6) is 2.06. The minimum Gasteiger partial charge on any atom is -0.493 e. The molecule has 8 heteroatoms. The molecule has 0 aromatic heterocycles. The van der Waals surface area contributed by atoms with Gasteiger partial charge < -0.3 is 24.0 Å². The third-order valence-corrected chi connectivity index (χ3v) is 7.20. The minimum atomic E-state index is -0.0509. The van der Waals surface area contributed by atoms with Crippen LogP contribution in [0.15, 0.2) is 12.1 Å². The molecule has 0 bridgehead atoms. The molecule has 1 aliphatic carbocycles. The van der Waals surface area contributed by atoms with Crippen LogP contribution in [0.5, 0.6) is 17.2 Å². The van der Waals surface area contributed by atoms with Crippen LogP contribution in [0.2, 0.25) is 0 Å². The maximum absolute atomic E-state index is 12.8. The molecule has 3 aliphatic rings. The van der Waals surface area contributed by atoms with Gasteiger partial charge in [0, 0.05) is 0 Å². The second kappa shape index (κ2) is 9.44. The Kier molecular flexibility index (Phi) is 6.67. The Morgan fingerprint density at radius 1 is 0.839 bits per heavy atom. The number of quaternary nitrogens is 2. The molecule has 1 saturated carbocycles. The summed E-state index contributed by atoms with van der Waals surface area (Å²) in [4.78, 5) is 29.9. The Morgan fingerprint density at radius 2 is 1.42 bits per heavy atom. The van der Waals surface area contributed by atoms with Gasteiger partial charge in [-0.2, -0.15) is 0 Å². The number of amides is 2. The third kappa shape index (κ3) is 4.23. The fraction of sp³-hybridized carbons (Fsp3) is 0.652. The van der Waals surface area contributed by atoms with E-state index < -0.39 is 0 Å². The Labute approximate surface area is 184 Å². The highest BCUT2D eigenvalue weighted by molar-refractivity contribution is 6.05. The number of likely N-dealkylation sites (tertiary alicyclic amines) is 1. The van der Waals surface area contributed by atoms with Crippen molar-refractivity contribution in [2.45, 2.75) is 32.2 Å². The Morgan fingerprint density at radius 3 is 1.97 bits per heavy atom. The summed E-state index contributed by atoms with van der Waals surface area (Å²) >= 11 is 0. The topological polar surface area (TPSA) is 74.0 Å². The SMILES string of the molecule is COc1ccc(C[NH+]2CC[NH+](CN3C(=O)[C@H]4CCCC[C@H]4C3=O)CC2)c(OC)c1OC. The first-order valence-corrected chi connectivity index (χ1v) is 11.4. The van der Waals surface area contributed by atoms with Crippen LogP contribution in [0.1, 0.15) is 31.2 Å². The van der Waals surface area contributed by atoms with Crippen molar-refractivity contribution in [3.63, 3.8) is 0 Å². The van der Waals surface area contributed by atoms with Gasteiger partial charge in [0.15, 0.2) is 18.2 Å². The quantitative estimate of drug-likeness (QED) is 0.547. The fourth-order valence-corrected chi connectivity index (χ4v) is 5.47. The van der Waals surface area contributed by atoms with Gasteiger partial charge in [0.25, 0.3) is 0 Å². The number of piperazine rings is 1. The molecule has 0 spiro atoms. The largest absolute Gasteiger partial charge is 0.493 e. The summed E-state index contributed by atoms with van der Waals surface area (Å²) in [6.45, 7) is 5.21. The second-order valence-electron chi connectivity index (χ2n) is 8.93. The molecule has 1 aromatic carbocycles. The van der Waals surface area contributed by atoms with Crippen molar-refractivity contribution in [3.8, 4) is 17.2 Å². The van der Waals surface area contributed by atoms with Crippen LogP contribution in [-0.4, -0.2) is 70.9 Å². The van der Waals surface area contributed by atoms with Crippen LogP contribution in [0.4, 0.5) is 0 Å². The monoisotopic (exact) mass is 433 g/mol. The van der Waals surface area contributed by atoms with E-state index in [1.807, 2.05) is 12.1 Å². The Bertz CT molecular complexity index is 798. The lowest BCUT2D eigenvalue weighted by Gasteiger charge is -2.31. The molecule has 2 N–H and O–H groups in total. The van der Waals surface area contributed by atoms with Crippen molar-refractivity contribution in [1.82, 2.24) is 4.90 Å². The standard InChI is InChI=1S/C23H33N3O5/c1-29-19-9-8-16(20(30-2)21(19)31-3)14-24-10-12-25(13-11-24)15-26-22(27)17-6-4-5-7-18(17)23(26)28/h8-9,17-18H,4-7,10-15H2,1-3H3/p+2/t17-,18+. The van der Waals surface area contributed by atoms with Crippen LogP contribution in [0, 0.1) is 11.8 Å². The average molecular weight is 434 g/mol. The molecule has 0 radical (unpaired) electrons. The maximum Gasteiger partial charge on any atom is 0.237 e. The first kappa shape index (κ1) is 21.9. The lowest BCUT2D eigenvalue weighted by atomic mass is 9.81. The molecule has 31 heavy (non-hydrogen) atoms. The van der Waals surface area contributed by atoms with Crippen LogP contribution < -0.4 is 24.0 Å². The van der Waals surface area contributed by atoms with Crippen LogP contribution in [0.3, 0.4) is 0 Å². The molecule has 3 fully saturated rings. The smallest absolute Gasteiger partial charge is 0.237 e. The molecule has 8 nitrogen and oxygen atoms in total. The number of rotatable bonds is 7. The predicted octanol–water partition coefficient (Wildman–Crippen LogP) is -0.871. The van der Waals surface area contributed by atoms with Gasteiger partial charge in [-0.3, -0.25) is 9.59 Å². The van der Waals surface area contributed by atoms with Gasteiger partial charge in [0.2, 0.25) is 17.6 Å². The van der Waals surface area contributed by atoms with Crippen LogP contribution >= 0.6 is 0 Å². The van der Waals surface area contributed by atoms with Crippen molar-refractivity contribution >= 4 is 11.8 Å². The van der Waals surface area contributed by atoms with Crippen molar-refractivity contribution in [2.75, 3.05) is 54.2 Å². The van der Waals surface area contributed by atoms with Gasteiger partial charge in [-0.15, -0.1) is 0 Å². The van der Waals surface area contributed by atoms with E-state index in [2.05, 4.69) is 0 Å². The number of nitrogens with zero attached hydrogens (tertiary/aromatic N) is 1. The summed E-state index contributed by atoms with van der Waals surface area (Å²) in [5.41, 5.74) is 1.09. The average Bonchev–Trinajstić information content (AvgIpc) is 3.04. The molecule has 0 unspecified atom stereocenters. The summed E-state index contributed by atoms with van der Waals surface area (Å²) < 4.78 is 16.5. The predicted molar refractivity (Wildman–Crippen MR) is 113 cm³/mol. The molecular weight excluding hydrogens is 398 g/mol. The number of hydrogen-bond donors (Lipinski definition) is 2. The first-order valence-electron chi connectivity index (χ1n) is 11.4. The number of benzene rings is 1. The normalized spacial score (nSPS) is 28.4. The van der Waals surface area contributed by atoms with Crippen molar-refractivity contribution in [3.05, 3.63) is 17.7 Å². The van der Waals surface area contributed by atoms with Gasteiger partial charge >= 0.3 is 0 Å². The van der Waals surface area contributed by atoms with E-state index in [1.54, 1.807) is 26.2 Å². The van der Waals surface area contributed by atoms with Gasteiger partial charge in [-0.25, -0.2) is 4.90 Å². The Hall–Kier alpha value is -2.32. The molecule has 2 saturated heterocycles. The molecule has 1 aromatic rings. The lowest BCUT2D eigenvalue weighted by molar-refractivity contribution is -1.02. The van der Waals surface area contributed by atoms with E-state index in [0.717, 1.165) is 69.7 Å². The van der Waals surface area contributed by atoms with E-state index in [9.17, 15) is 9.59 Å². The van der Waals surface area contributed by atoms with Gasteiger partial charge in [0.05, 0.1) is 38.7 Å². The molecule has 170 valence electrons. The van der Waals surface area contributed by atoms with Crippen molar-refractivity contribution in [1.29, 1.82) is 0 Å². The number of carbonyl (C=O) groups is 2. The molecule has 2 amide bonds. The number of carbonyl (C=O) groups excluding carboxylic acids is 2. The van der Waals surface area contributed by atoms with Crippen LogP contribution in [0.25, 0.3) is 0 Å². The van der Waals surface area contributed by atoms with Gasteiger partial charge in [-0.05, 0) is 25.0 Å². The summed E-state index contributed by atoms with van der Waals surface area (Å²) in [7, 11) is 4.89. The first-order chi connectivity index (χ1) is 15.1. The Balaban J connectivity index is 1.34. The lowest BCUT2D eigenvalue weighted by Crippen LogP contribution is -3.28. The van der Waals surface area contributed by atoms with E-state index in [0.29, 0.717) is 18.2 Å². The number of nitrogens with one attached hydrogen (secondary N) is 2. The maximum atomic E-state index is 12.8. The molecule has 2 aliphatic heterocycles. The third-order valence-electron chi connectivity index (χ3n) is 7.20. The fourth-order valence-electron chi connectivity index (χ4n) is 5.47. The van der Waals surface area contributed by atoms with E-state index in [1.165, 1.54) is 9.80 Å². The van der Waals surface area contributed by atoms with E-state index >= 15 is 0 Å². The molecule has 2 heterocycles. The zero-order valence-corrected chi connectivity index (χ0v) is 18.9. The highest BCUT2D eigenvalue weighted by Crippen LogP contribution is 2.39. The zero-order chi connectivity index (χ0) is 22.0. The highest BCUT2D eigenvalue weighted by atomic mass is 16.5. The molecule has 4 rings (SSSR count). The second-order valence-corrected chi connectivity index (χ2v) is 8.93. The summed E-state index contributed by atoms with van der Waals surface area (Å²) in [5, 5.41) is 0. The minimum absolute atomic E-state index is 0.0509. The molecular formula is C23H35N3O5+2. The number of imide groups is 1. The highest BCUT2D eigenvalue weighted by Gasteiger charge is 2.49. The van der Waals surface area contributed by atoms with Crippen molar-refractivity contribution < 1.29 is 33.6 Å². The van der Waals surface area contributed by atoms with Crippen molar-refractivity contribution in [2.24, 2.45) is 11.8 Å². The number of fused-ring (bicyclic) bond motifs is 1.